The first-order chi connectivity index (χ1) is 8.15. The number of phenols is 2. The predicted molar refractivity (Wildman–Crippen MR) is 65.9 cm³/mol. The summed E-state index contributed by atoms with van der Waals surface area (Å²) >= 11 is 3.27. The molecule has 0 aliphatic rings. The van der Waals surface area contributed by atoms with Crippen molar-refractivity contribution in [2.75, 3.05) is 0 Å². The highest BCUT2D eigenvalue weighted by Crippen LogP contribution is 2.31. The molecule has 0 spiro atoms. The zero-order valence-corrected chi connectivity index (χ0v) is 10.2. The van der Waals surface area contributed by atoms with Gasteiger partial charge in [-0.05, 0) is 34.1 Å². The molecule has 0 bridgehead atoms. The Morgan fingerprint density at radius 2 is 1.88 bits per heavy atom. The van der Waals surface area contributed by atoms with Crippen LogP contribution in [0.1, 0.15) is 0 Å². The predicted octanol–water partition coefficient (Wildman–Crippen LogP) is 3.67. The summed E-state index contributed by atoms with van der Waals surface area (Å²) in [5.74, 6) is -0.151. The summed E-state index contributed by atoms with van der Waals surface area (Å²) in [6.45, 7) is 0. The fourth-order valence-corrected chi connectivity index (χ4v) is 1.52. The van der Waals surface area contributed by atoms with E-state index in [1.54, 1.807) is 18.5 Å². The number of azo groups is 1. The topological polar surface area (TPSA) is 78.1 Å². The summed E-state index contributed by atoms with van der Waals surface area (Å²) in [6, 6.07) is 5.84. The summed E-state index contributed by atoms with van der Waals surface area (Å²) in [6.07, 6.45) is 3.18. The van der Waals surface area contributed by atoms with E-state index in [9.17, 15) is 5.11 Å². The number of aromatic hydroxyl groups is 2. The van der Waals surface area contributed by atoms with Crippen LogP contribution >= 0.6 is 15.9 Å². The number of aromatic nitrogens is 1. The van der Waals surface area contributed by atoms with Crippen molar-refractivity contribution in [3.8, 4) is 11.5 Å². The largest absolute Gasteiger partial charge is 0.508 e. The van der Waals surface area contributed by atoms with Gasteiger partial charge in [-0.2, -0.15) is 0 Å². The maximum atomic E-state index is 9.49. The van der Waals surface area contributed by atoms with Crippen LogP contribution in [-0.2, 0) is 0 Å². The van der Waals surface area contributed by atoms with Crippen molar-refractivity contribution >= 4 is 27.3 Å². The maximum Gasteiger partial charge on any atom is 0.146 e. The van der Waals surface area contributed by atoms with Crippen LogP contribution in [-0.4, -0.2) is 15.2 Å². The van der Waals surface area contributed by atoms with Gasteiger partial charge in [0.15, 0.2) is 0 Å². The Labute approximate surface area is 106 Å². The molecule has 6 heteroatoms. The van der Waals surface area contributed by atoms with Crippen molar-refractivity contribution in [3.05, 3.63) is 41.1 Å². The minimum atomic E-state index is -0.128. The van der Waals surface area contributed by atoms with Crippen LogP contribution in [0.3, 0.4) is 0 Å². The first-order valence-corrected chi connectivity index (χ1v) is 5.49. The second kappa shape index (κ2) is 4.92. The van der Waals surface area contributed by atoms with Gasteiger partial charge in [0, 0.05) is 16.7 Å². The summed E-state index contributed by atoms with van der Waals surface area (Å²) in [5.41, 5.74) is 0.842. The zero-order chi connectivity index (χ0) is 12.3. The van der Waals surface area contributed by atoms with Gasteiger partial charge in [-0.3, -0.25) is 4.98 Å². The van der Waals surface area contributed by atoms with E-state index in [-0.39, 0.29) is 17.2 Å². The van der Waals surface area contributed by atoms with E-state index in [1.807, 2.05) is 0 Å². The molecule has 0 saturated carbocycles. The van der Waals surface area contributed by atoms with E-state index in [1.165, 1.54) is 18.2 Å². The first kappa shape index (κ1) is 11.5. The number of pyridine rings is 1. The Hall–Kier alpha value is -1.95. The molecular weight excluding hydrogens is 286 g/mol. The van der Waals surface area contributed by atoms with E-state index >= 15 is 0 Å². The fourth-order valence-electron chi connectivity index (χ4n) is 1.16. The molecule has 2 rings (SSSR count). The molecule has 0 aliphatic carbocycles. The third kappa shape index (κ3) is 3.01. The molecule has 0 amide bonds. The lowest BCUT2D eigenvalue weighted by Gasteiger charge is -1.98. The lowest BCUT2D eigenvalue weighted by atomic mass is 10.3. The number of phenolic OH excluding ortho intramolecular Hbond substituents is 2. The minimum Gasteiger partial charge on any atom is -0.508 e. The fraction of sp³-hybridized carbons (Fsp3) is 0. The number of nitrogens with zero attached hydrogens (tertiary/aromatic N) is 3. The third-order valence-electron chi connectivity index (χ3n) is 1.92. The molecule has 0 saturated heterocycles. The van der Waals surface area contributed by atoms with Crippen molar-refractivity contribution < 1.29 is 10.2 Å². The second-order valence-corrected chi connectivity index (χ2v) is 4.15. The summed E-state index contributed by atoms with van der Waals surface area (Å²) in [7, 11) is 0. The molecule has 0 atom stereocenters. The van der Waals surface area contributed by atoms with Gasteiger partial charge >= 0.3 is 0 Å². The van der Waals surface area contributed by atoms with Crippen LogP contribution < -0.4 is 0 Å². The summed E-state index contributed by atoms with van der Waals surface area (Å²) < 4.78 is 0.795. The normalized spacial score (nSPS) is 10.9. The highest BCUT2D eigenvalue weighted by Gasteiger charge is 2.00. The zero-order valence-electron chi connectivity index (χ0n) is 8.58. The molecule has 5 nitrogen and oxygen atoms in total. The van der Waals surface area contributed by atoms with E-state index in [2.05, 4.69) is 31.1 Å². The molecule has 0 radical (unpaired) electrons. The Balaban J connectivity index is 2.26. The van der Waals surface area contributed by atoms with Gasteiger partial charge in [0.2, 0.25) is 0 Å². The second-order valence-electron chi connectivity index (χ2n) is 3.23. The van der Waals surface area contributed by atoms with Gasteiger partial charge < -0.3 is 10.2 Å². The number of benzene rings is 1. The maximum absolute atomic E-state index is 9.49. The molecule has 1 aromatic heterocycles. The first-order valence-electron chi connectivity index (χ1n) is 4.69. The highest BCUT2D eigenvalue weighted by molar-refractivity contribution is 9.10. The van der Waals surface area contributed by atoms with Gasteiger partial charge in [0.25, 0.3) is 0 Å². The highest BCUT2D eigenvalue weighted by atomic mass is 79.9. The summed E-state index contributed by atoms with van der Waals surface area (Å²) in [5, 5.41) is 26.4. The SMILES string of the molecule is Oc1ccc(N=Nc2cncc(Br)c2)c(O)c1. The quantitative estimate of drug-likeness (QED) is 0.829. The van der Waals surface area contributed by atoms with Crippen LogP contribution in [0.2, 0.25) is 0 Å². The standard InChI is InChI=1S/C11H8BrN3O2/c12-7-3-8(6-13-5-7)14-15-10-2-1-9(16)4-11(10)17/h1-6,16-17H. The monoisotopic (exact) mass is 293 g/mol. The Bertz CT molecular complexity index is 572. The van der Waals surface area contributed by atoms with Gasteiger partial charge in [-0.15, -0.1) is 10.2 Å². The number of hydrogen-bond acceptors (Lipinski definition) is 5. The molecule has 0 unspecified atom stereocenters. The smallest absolute Gasteiger partial charge is 0.146 e. The molecule has 1 aromatic carbocycles. The molecular formula is C11H8BrN3O2. The molecule has 0 fully saturated rings. The lowest BCUT2D eigenvalue weighted by molar-refractivity contribution is 0.451. The average molecular weight is 294 g/mol. The number of halogens is 1. The van der Waals surface area contributed by atoms with Gasteiger partial charge in [-0.25, -0.2) is 0 Å². The Morgan fingerprint density at radius 1 is 1.06 bits per heavy atom. The van der Waals surface area contributed by atoms with Crippen LogP contribution in [0.4, 0.5) is 11.4 Å². The van der Waals surface area contributed by atoms with E-state index in [4.69, 9.17) is 5.11 Å². The van der Waals surface area contributed by atoms with Crippen molar-refractivity contribution in [1.82, 2.24) is 4.98 Å². The van der Waals surface area contributed by atoms with Crippen LogP contribution in [0.25, 0.3) is 0 Å². The van der Waals surface area contributed by atoms with Gasteiger partial charge in [0.1, 0.15) is 22.9 Å². The molecule has 0 aliphatic heterocycles. The summed E-state index contributed by atoms with van der Waals surface area (Å²) in [4.78, 5) is 3.93. The van der Waals surface area contributed by atoms with Gasteiger partial charge in [-0.1, -0.05) is 0 Å². The molecule has 2 aromatic rings. The van der Waals surface area contributed by atoms with E-state index < -0.39 is 0 Å². The van der Waals surface area contributed by atoms with Crippen molar-refractivity contribution in [2.45, 2.75) is 0 Å². The van der Waals surface area contributed by atoms with Crippen molar-refractivity contribution in [2.24, 2.45) is 10.2 Å². The van der Waals surface area contributed by atoms with Gasteiger partial charge in [0.05, 0.1) is 6.20 Å². The molecule has 2 N–H and O–H groups in total. The Morgan fingerprint density at radius 3 is 2.59 bits per heavy atom. The molecule has 86 valence electrons. The Kier molecular flexibility index (Phi) is 3.34. The van der Waals surface area contributed by atoms with E-state index in [0.29, 0.717) is 5.69 Å². The third-order valence-corrected chi connectivity index (χ3v) is 2.36. The lowest BCUT2D eigenvalue weighted by Crippen LogP contribution is -1.71. The van der Waals surface area contributed by atoms with Crippen LogP contribution in [0.5, 0.6) is 11.5 Å². The number of rotatable bonds is 2. The number of hydrogen-bond donors (Lipinski definition) is 2. The molecule has 17 heavy (non-hydrogen) atoms. The van der Waals surface area contributed by atoms with E-state index in [0.717, 1.165) is 4.47 Å². The van der Waals surface area contributed by atoms with Crippen molar-refractivity contribution in [3.63, 3.8) is 0 Å². The average Bonchev–Trinajstić information content (AvgIpc) is 2.28. The van der Waals surface area contributed by atoms with Crippen LogP contribution in [0.15, 0.2) is 51.4 Å². The minimum absolute atomic E-state index is 0.0226. The van der Waals surface area contributed by atoms with Crippen LogP contribution in [0, 0.1) is 0 Å². The van der Waals surface area contributed by atoms with Crippen molar-refractivity contribution in [1.29, 1.82) is 0 Å². The molecule has 1 heterocycles.